The van der Waals surface area contributed by atoms with Crippen LogP contribution in [0.4, 0.5) is 0 Å². The van der Waals surface area contributed by atoms with Crippen LogP contribution in [0.5, 0.6) is 0 Å². The molecular formula is C16H16N4OS. The van der Waals surface area contributed by atoms with Gasteiger partial charge in [-0.3, -0.25) is 10.2 Å². The van der Waals surface area contributed by atoms with Crippen molar-refractivity contribution in [3.8, 4) is 0 Å². The maximum atomic E-state index is 12.3. The van der Waals surface area contributed by atoms with Crippen LogP contribution < -0.4 is 0 Å². The van der Waals surface area contributed by atoms with Crippen LogP contribution in [0.1, 0.15) is 25.0 Å². The average molecular weight is 312 g/mol. The second-order valence-electron chi connectivity index (χ2n) is 5.47. The van der Waals surface area contributed by atoms with E-state index in [1.807, 2.05) is 45.0 Å². The van der Waals surface area contributed by atoms with Crippen molar-refractivity contribution in [3.05, 3.63) is 41.0 Å². The Balaban J connectivity index is 2.01. The van der Waals surface area contributed by atoms with Gasteiger partial charge in [0.2, 0.25) is 5.17 Å². The largest absolute Gasteiger partial charge is 0.283 e. The summed E-state index contributed by atoms with van der Waals surface area (Å²) in [6.45, 7) is 6.03. The number of thioether (sulfide) groups is 1. The van der Waals surface area contributed by atoms with E-state index in [9.17, 15) is 4.79 Å². The van der Waals surface area contributed by atoms with Crippen molar-refractivity contribution >= 4 is 39.8 Å². The molecule has 6 heteroatoms. The fourth-order valence-corrected chi connectivity index (χ4v) is 3.04. The van der Waals surface area contributed by atoms with Gasteiger partial charge in [-0.1, -0.05) is 38.1 Å². The zero-order chi connectivity index (χ0) is 15.9. The molecular weight excluding hydrogens is 296 g/mol. The number of rotatable bonds is 2. The topological polar surface area (TPSA) is 68.9 Å². The molecule has 1 aromatic rings. The van der Waals surface area contributed by atoms with Gasteiger partial charge in [-0.15, -0.1) is 0 Å². The first kappa shape index (κ1) is 14.7. The Labute approximate surface area is 133 Å². The molecule has 0 spiro atoms. The second-order valence-corrected chi connectivity index (χ2v) is 6.46. The zero-order valence-electron chi connectivity index (χ0n) is 12.6. The fourth-order valence-electron chi connectivity index (χ4n) is 2.14. The van der Waals surface area contributed by atoms with Gasteiger partial charge in [0.25, 0.3) is 5.91 Å². The molecule has 0 atom stereocenters. The van der Waals surface area contributed by atoms with Crippen LogP contribution in [0.3, 0.4) is 0 Å². The monoisotopic (exact) mass is 312 g/mol. The maximum Gasteiger partial charge on any atom is 0.283 e. The van der Waals surface area contributed by atoms with Crippen LogP contribution in [0.2, 0.25) is 0 Å². The highest BCUT2D eigenvalue weighted by Gasteiger charge is 2.36. The molecule has 0 aromatic heterocycles. The summed E-state index contributed by atoms with van der Waals surface area (Å²) in [7, 11) is 0. The molecule has 2 aliphatic heterocycles. The summed E-state index contributed by atoms with van der Waals surface area (Å²) >= 11 is 1.36. The van der Waals surface area contributed by atoms with Crippen molar-refractivity contribution in [2.24, 2.45) is 16.0 Å². The molecule has 0 saturated carbocycles. The molecule has 2 aliphatic rings. The highest BCUT2D eigenvalue weighted by Crippen LogP contribution is 2.30. The quantitative estimate of drug-likeness (QED) is 0.852. The summed E-state index contributed by atoms with van der Waals surface area (Å²) in [5.41, 5.74) is 2.23. The molecule has 1 N–H and O–H groups in total. The molecule has 0 aliphatic carbocycles. The van der Waals surface area contributed by atoms with Crippen LogP contribution in [0, 0.1) is 18.3 Å². The molecule has 0 saturated heterocycles. The van der Waals surface area contributed by atoms with Crippen molar-refractivity contribution in [1.29, 1.82) is 5.41 Å². The van der Waals surface area contributed by atoms with Crippen LogP contribution in [-0.2, 0) is 4.79 Å². The Morgan fingerprint density at radius 1 is 1.32 bits per heavy atom. The van der Waals surface area contributed by atoms with E-state index >= 15 is 0 Å². The second kappa shape index (κ2) is 5.53. The van der Waals surface area contributed by atoms with Gasteiger partial charge in [-0.2, -0.15) is 15.1 Å². The van der Waals surface area contributed by atoms with Crippen molar-refractivity contribution < 1.29 is 4.79 Å². The van der Waals surface area contributed by atoms with Crippen LogP contribution >= 0.6 is 11.8 Å². The Morgan fingerprint density at radius 3 is 2.73 bits per heavy atom. The Bertz CT molecular complexity index is 761. The number of nitrogens with one attached hydrogen (secondary N) is 1. The highest BCUT2D eigenvalue weighted by atomic mass is 32.2. The van der Waals surface area contributed by atoms with E-state index < -0.39 is 0 Å². The van der Waals surface area contributed by atoms with Crippen molar-refractivity contribution in [3.63, 3.8) is 0 Å². The van der Waals surface area contributed by atoms with Gasteiger partial charge in [0, 0.05) is 5.92 Å². The minimum absolute atomic E-state index is 0.0846. The maximum absolute atomic E-state index is 12.3. The number of hydrazone groups is 1. The summed E-state index contributed by atoms with van der Waals surface area (Å²) in [4.78, 5) is 16.3. The van der Waals surface area contributed by atoms with Crippen molar-refractivity contribution in [2.75, 3.05) is 0 Å². The van der Waals surface area contributed by atoms with Gasteiger partial charge >= 0.3 is 0 Å². The van der Waals surface area contributed by atoms with Crippen LogP contribution in [-0.4, -0.2) is 27.0 Å². The van der Waals surface area contributed by atoms with Gasteiger partial charge in [-0.25, -0.2) is 0 Å². The Hall–Kier alpha value is -2.21. The van der Waals surface area contributed by atoms with Gasteiger partial charge < -0.3 is 0 Å². The van der Waals surface area contributed by atoms with Crippen molar-refractivity contribution in [2.45, 2.75) is 20.8 Å². The number of carbonyl (C=O) groups is 1. The molecule has 1 aromatic carbocycles. The first-order chi connectivity index (χ1) is 10.5. The molecule has 5 nitrogen and oxygen atoms in total. The molecule has 1 amide bonds. The molecule has 112 valence electrons. The summed E-state index contributed by atoms with van der Waals surface area (Å²) in [5.74, 6) is -0.0568. The van der Waals surface area contributed by atoms with E-state index in [1.54, 1.807) is 6.08 Å². The lowest BCUT2D eigenvalue weighted by Gasteiger charge is -2.20. The molecule has 0 fully saturated rings. The third-order valence-electron chi connectivity index (χ3n) is 3.45. The number of nitrogens with zero attached hydrogens (tertiary/aromatic N) is 3. The number of benzene rings is 1. The Kier molecular flexibility index (Phi) is 3.70. The number of hydrogen-bond donors (Lipinski definition) is 1. The van der Waals surface area contributed by atoms with E-state index in [2.05, 4.69) is 10.1 Å². The fraction of sp³-hybridized carbons (Fsp3) is 0.250. The third-order valence-corrected chi connectivity index (χ3v) is 4.66. The standard InChI is InChI=1S/C16H16N4OS/c1-9(2)15-19-20-13(17)12(14(21)18-16(20)22-15)8-11-7-5-4-6-10(11)3/h4-9,17H,1-3H3/b12-8-,17-13?. The predicted molar refractivity (Wildman–Crippen MR) is 91.0 cm³/mol. The molecule has 22 heavy (non-hydrogen) atoms. The minimum atomic E-state index is -0.382. The lowest BCUT2D eigenvalue weighted by molar-refractivity contribution is -0.114. The summed E-state index contributed by atoms with van der Waals surface area (Å²) < 4.78 is 0. The number of amidine groups is 2. The van der Waals surface area contributed by atoms with Gasteiger partial charge in [0.15, 0.2) is 5.84 Å². The summed E-state index contributed by atoms with van der Waals surface area (Å²) in [6, 6.07) is 7.74. The molecule has 0 unspecified atom stereocenters. The first-order valence-corrected chi connectivity index (χ1v) is 7.84. The number of carbonyl (C=O) groups excluding carboxylic acids is 1. The number of aryl methyl sites for hydroxylation is 1. The number of aliphatic imine (C=N–C) groups is 1. The zero-order valence-corrected chi connectivity index (χ0v) is 13.4. The van der Waals surface area contributed by atoms with Crippen LogP contribution in [0.25, 0.3) is 6.08 Å². The predicted octanol–water partition coefficient (Wildman–Crippen LogP) is 3.27. The van der Waals surface area contributed by atoms with Gasteiger partial charge in [-0.05, 0) is 35.9 Å². The van der Waals surface area contributed by atoms with E-state index in [1.165, 1.54) is 16.8 Å². The van der Waals surface area contributed by atoms with Crippen LogP contribution in [0.15, 0.2) is 39.9 Å². The van der Waals surface area contributed by atoms with E-state index in [0.717, 1.165) is 16.2 Å². The summed E-state index contributed by atoms with van der Waals surface area (Å²) in [6.07, 6.45) is 1.72. The number of amides is 1. The van der Waals surface area contributed by atoms with Gasteiger partial charge in [0.1, 0.15) is 5.04 Å². The van der Waals surface area contributed by atoms with Gasteiger partial charge in [0.05, 0.1) is 5.57 Å². The lowest BCUT2D eigenvalue weighted by Crippen LogP contribution is -2.35. The molecule has 2 heterocycles. The van der Waals surface area contributed by atoms with Crippen molar-refractivity contribution in [1.82, 2.24) is 5.01 Å². The molecule has 3 rings (SSSR count). The number of fused-ring (bicyclic) bond motifs is 1. The lowest BCUT2D eigenvalue weighted by atomic mass is 10.0. The first-order valence-electron chi connectivity index (χ1n) is 7.03. The van der Waals surface area contributed by atoms with E-state index in [-0.39, 0.29) is 23.2 Å². The third kappa shape index (κ3) is 2.50. The highest BCUT2D eigenvalue weighted by molar-refractivity contribution is 8.27. The Morgan fingerprint density at radius 2 is 2.05 bits per heavy atom. The molecule has 0 bridgehead atoms. The molecule has 0 radical (unpaired) electrons. The number of hydrogen-bond acceptors (Lipinski definition) is 4. The van der Waals surface area contributed by atoms with E-state index in [0.29, 0.717) is 5.17 Å². The van der Waals surface area contributed by atoms with E-state index in [4.69, 9.17) is 5.41 Å². The normalized spacial score (nSPS) is 19.6. The smallest absolute Gasteiger partial charge is 0.282 e. The average Bonchev–Trinajstić information content (AvgIpc) is 2.89. The minimum Gasteiger partial charge on any atom is -0.282 e. The SMILES string of the molecule is Cc1ccccc1/C=C1/C(=N)N2N=C(C(C)C)SC2=NC1=O. The summed E-state index contributed by atoms with van der Waals surface area (Å²) in [5, 5.41) is 15.5.